The summed E-state index contributed by atoms with van der Waals surface area (Å²) in [6, 6.07) is 11.1. The minimum absolute atomic E-state index is 0.303. The Labute approximate surface area is 126 Å². The molecule has 0 radical (unpaired) electrons. The lowest BCUT2D eigenvalue weighted by Crippen LogP contribution is -2.11. The van der Waals surface area contributed by atoms with Crippen LogP contribution in [0.25, 0.3) is 10.2 Å². The Kier molecular flexibility index (Phi) is 3.50. The van der Waals surface area contributed by atoms with Crippen molar-refractivity contribution in [2.75, 3.05) is 5.32 Å². The van der Waals surface area contributed by atoms with Crippen molar-refractivity contribution in [3.63, 3.8) is 0 Å². The number of fused-ring (bicyclic) bond motifs is 1. The fourth-order valence-corrected chi connectivity index (χ4v) is 3.14. The molecule has 1 N–H and O–H groups in total. The monoisotopic (exact) mass is 350 g/mol. The van der Waals surface area contributed by atoms with Gasteiger partial charge in [-0.1, -0.05) is 27.3 Å². The van der Waals surface area contributed by atoms with E-state index in [0.717, 1.165) is 14.7 Å². The first kappa shape index (κ1) is 13.2. The van der Waals surface area contributed by atoms with Gasteiger partial charge in [0, 0.05) is 10.0 Å². The first-order valence-corrected chi connectivity index (χ1v) is 7.36. The maximum atomic E-state index is 12.8. The van der Waals surface area contributed by atoms with Crippen LogP contribution < -0.4 is 5.32 Å². The van der Waals surface area contributed by atoms with E-state index in [1.165, 1.54) is 35.6 Å². The van der Waals surface area contributed by atoms with Crippen molar-refractivity contribution in [1.29, 1.82) is 0 Å². The Morgan fingerprint density at radius 1 is 1.20 bits per heavy atom. The molecule has 3 rings (SSSR count). The number of benzene rings is 2. The van der Waals surface area contributed by atoms with Gasteiger partial charge in [0.15, 0.2) is 5.13 Å². The van der Waals surface area contributed by atoms with Crippen LogP contribution >= 0.6 is 27.3 Å². The lowest BCUT2D eigenvalue weighted by atomic mass is 10.2. The molecule has 20 heavy (non-hydrogen) atoms. The largest absolute Gasteiger partial charge is 0.298 e. The average Bonchev–Trinajstić information content (AvgIpc) is 2.80. The molecule has 0 aliphatic rings. The number of carbonyl (C=O) groups excluding carboxylic acids is 1. The van der Waals surface area contributed by atoms with Crippen LogP contribution in [0, 0.1) is 5.82 Å². The maximum Gasteiger partial charge on any atom is 0.257 e. The standard InChI is InChI=1S/C14H8BrFN2OS/c15-9-3-6-11-12(7-9)20-14(17-11)18-13(19)8-1-4-10(16)5-2-8/h1-7H,(H,17,18,19). The molecule has 6 heteroatoms. The Hall–Kier alpha value is -1.79. The number of aromatic nitrogens is 1. The molecular weight excluding hydrogens is 343 g/mol. The van der Waals surface area contributed by atoms with E-state index >= 15 is 0 Å². The fraction of sp³-hybridized carbons (Fsp3) is 0. The summed E-state index contributed by atoms with van der Waals surface area (Å²) in [6.45, 7) is 0. The van der Waals surface area contributed by atoms with Crippen LogP contribution in [0.2, 0.25) is 0 Å². The number of thiazole rings is 1. The van der Waals surface area contributed by atoms with Crippen LogP contribution in [0.1, 0.15) is 10.4 Å². The number of halogens is 2. The van der Waals surface area contributed by atoms with Crippen LogP contribution in [0.5, 0.6) is 0 Å². The molecule has 0 aliphatic heterocycles. The van der Waals surface area contributed by atoms with Crippen LogP contribution in [-0.2, 0) is 0 Å². The summed E-state index contributed by atoms with van der Waals surface area (Å²) in [7, 11) is 0. The van der Waals surface area contributed by atoms with E-state index in [1.54, 1.807) is 0 Å². The quantitative estimate of drug-likeness (QED) is 0.741. The Morgan fingerprint density at radius 3 is 2.70 bits per heavy atom. The van der Waals surface area contributed by atoms with Gasteiger partial charge in [-0.25, -0.2) is 9.37 Å². The molecule has 0 bridgehead atoms. The lowest BCUT2D eigenvalue weighted by molar-refractivity contribution is 0.102. The van der Waals surface area contributed by atoms with Crippen LogP contribution in [0.3, 0.4) is 0 Å². The molecule has 0 saturated carbocycles. The molecule has 0 spiro atoms. The van der Waals surface area contributed by atoms with Gasteiger partial charge in [-0.3, -0.25) is 10.1 Å². The Bertz CT molecular complexity index is 785. The van der Waals surface area contributed by atoms with Crippen LogP contribution in [0.15, 0.2) is 46.9 Å². The Balaban J connectivity index is 1.85. The molecule has 0 atom stereocenters. The van der Waals surface area contributed by atoms with Gasteiger partial charge < -0.3 is 0 Å². The second-order valence-electron chi connectivity index (χ2n) is 4.09. The molecule has 100 valence electrons. The van der Waals surface area contributed by atoms with Crippen molar-refractivity contribution in [2.24, 2.45) is 0 Å². The summed E-state index contributed by atoms with van der Waals surface area (Å²) in [6.07, 6.45) is 0. The van der Waals surface area contributed by atoms with Gasteiger partial charge in [0.25, 0.3) is 5.91 Å². The lowest BCUT2D eigenvalue weighted by Gasteiger charge is -2.00. The maximum absolute atomic E-state index is 12.8. The fourth-order valence-electron chi connectivity index (χ4n) is 1.72. The topological polar surface area (TPSA) is 42.0 Å². The number of nitrogens with one attached hydrogen (secondary N) is 1. The summed E-state index contributed by atoms with van der Waals surface area (Å²) >= 11 is 4.78. The van der Waals surface area contributed by atoms with Gasteiger partial charge in [0.1, 0.15) is 5.82 Å². The highest BCUT2D eigenvalue weighted by atomic mass is 79.9. The summed E-state index contributed by atoms with van der Waals surface area (Å²) in [5.41, 5.74) is 1.22. The molecule has 0 fully saturated rings. The molecule has 1 amide bonds. The molecule has 1 heterocycles. The number of hydrogen-bond acceptors (Lipinski definition) is 3. The van der Waals surface area contributed by atoms with Gasteiger partial charge in [-0.15, -0.1) is 0 Å². The summed E-state index contributed by atoms with van der Waals surface area (Å²) in [5, 5.41) is 3.24. The van der Waals surface area contributed by atoms with Gasteiger partial charge >= 0.3 is 0 Å². The Morgan fingerprint density at radius 2 is 1.95 bits per heavy atom. The molecule has 0 unspecified atom stereocenters. The van der Waals surface area contributed by atoms with Gasteiger partial charge in [-0.05, 0) is 42.5 Å². The zero-order valence-corrected chi connectivity index (χ0v) is 12.5. The number of rotatable bonds is 2. The van der Waals surface area contributed by atoms with E-state index in [4.69, 9.17) is 0 Å². The van der Waals surface area contributed by atoms with E-state index in [9.17, 15) is 9.18 Å². The average molecular weight is 351 g/mol. The van der Waals surface area contributed by atoms with E-state index < -0.39 is 0 Å². The van der Waals surface area contributed by atoms with Gasteiger partial charge in [0.05, 0.1) is 10.2 Å². The first-order chi connectivity index (χ1) is 9.61. The summed E-state index contributed by atoms with van der Waals surface area (Å²) in [5.74, 6) is -0.672. The van der Waals surface area contributed by atoms with Crippen molar-refractivity contribution in [1.82, 2.24) is 4.98 Å². The number of carbonyl (C=O) groups is 1. The first-order valence-electron chi connectivity index (χ1n) is 5.75. The van der Waals surface area contributed by atoms with Crippen LogP contribution in [-0.4, -0.2) is 10.9 Å². The molecule has 3 aromatic rings. The molecule has 1 aromatic heterocycles. The van der Waals surface area contributed by atoms with Crippen LogP contribution in [0.4, 0.5) is 9.52 Å². The minimum atomic E-state index is -0.369. The van der Waals surface area contributed by atoms with Crippen molar-refractivity contribution in [2.45, 2.75) is 0 Å². The zero-order valence-electron chi connectivity index (χ0n) is 10.1. The third kappa shape index (κ3) is 2.71. The number of nitrogens with zero attached hydrogens (tertiary/aromatic N) is 1. The van der Waals surface area contributed by atoms with Crippen molar-refractivity contribution in [3.8, 4) is 0 Å². The normalized spacial score (nSPS) is 10.7. The second-order valence-corrected chi connectivity index (χ2v) is 6.04. The number of hydrogen-bond donors (Lipinski definition) is 1. The second kappa shape index (κ2) is 5.30. The minimum Gasteiger partial charge on any atom is -0.298 e. The van der Waals surface area contributed by atoms with Gasteiger partial charge in [-0.2, -0.15) is 0 Å². The highest BCUT2D eigenvalue weighted by Gasteiger charge is 2.10. The van der Waals surface area contributed by atoms with E-state index in [1.807, 2.05) is 18.2 Å². The van der Waals surface area contributed by atoms with Gasteiger partial charge in [0.2, 0.25) is 0 Å². The van der Waals surface area contributed by atoms with E-state index in [2.05, 4.69) is 26.2 Å². The molecule has 0 saturated heterocycles. The molecule has 3 nitrogen and oxygen atoms in total. The smallest absolute Gasteiger partial charge is 0.257 e. The summed E-state index contributed by atoms with van der Waals surface area (Å²) in [4.78, 5) is 16.3. The number of anilines is 1. The predicted molar refractivity (Wildman–Crippen MR) is 81.7 cm³/mol. The highest BCUT2D eigenvalue weighted by molar-refractivity contribution is 9.10. The zero-order chi connectivity index (χ0) is 14.1. The number of amides is 1. The predicted octanol–water partition coefficient (Wildman–Crippen LogP) is 4.45. The SMILES string of the molecule is O=C(Nc1nc2ccc(Br)cc2s1)c1ccc(F)cc1. The molecule has 2 aromatic carbocycles. The third-order valence-electron chi connectivity index (χ3n) is 2.68. The molecular formula is C14H8BrFN2OS. The van der Waals surface area contributed by atoms with Crippen molar-refractivity contribution in [3.05, 3.63) is 58.3 Å². The van der Waals surface area contributed by atoms with Crippen molar-refractivity contribution < 1.29 is 9.18 Å². The third-order valence-corrected chi connectivity index (χ3v) is 4.10. The van der Waals surface area contributed by atoms with E-state index in [-0.39, 0.29) is 11.7 Å². The summed E-state index contributed by atoms with van der Waals surface area (Å²) < 4.78 is 14.8. The highest BCUT2D eigenvalue weighted by Crippen LogP contribution is 2.28. The van der Waals surface area contributed by atoms with E-state index in [0.29, 0.717) is 10.7 Å². The van der Waals surface area contributed by atoms with Crippen molar-refractivity contribution >= 4 is 48.5 Å². The molecule has 0 aliphatic carbocycles.